The van der Waals surface area contributed by atoms with Crippen molar-refractivity contribution in [3.8, 4) is 0 Å². The highest BCUT2D eigenvalue weighted by molar-refractivity contribution is 7.89. The van der Waals surface area contributed by atoms with Crippen LogP contribution < -0.4 is 4.72 Å². The number of rotatable bonds is 5. The first-order valence-electron chi connectivity index (χ1n) is 4.90. The van der Waals surface area contributed by atoms with Crippen LogP contribution in [0, 0.1) is 6.92 Å². The molecule has 1 aromatic rings. The molecule has 0 saturated heterocycles. The first kappa shape index (κ1) is 14.9. The second kappa shape index (κ2) is 5.66. The summed E-state index contributed by atoms with van der Waals surface area (Å²) in [5, 5.41) is 17.4. The molecule has 1 aromatic carbocycles. The number of benzene rings is 1. The first-order chi connectivity index (χ1) is 8.27. The summed E-state index contributed by atoms with van der Waals surface area (Å²) in [5.41, 5.74) is 0.774. The van der Waals surface area contributed by atoms with Crippen molar-refractivity contribution in [1.29, 1.82) is 0 Å². The SMILES string of the molecule is Cc1ccc(S(=O)(=O)N[C@@H](CO)C(=O)O)c(Cl)c1. The summed E-state index contributed by atoms with van der Waals surface area (Å²) in [6.07, 6.45) is 0. The van der Waals surface area contributed by atoms with Crippen LogP contribution in [0.25, 0.3) is 0 Å². The van der Waals surface area contributed by atoms with Crippen LogP contribution in [0.3, 0.4) is 0 Å². The Labute approximate surface area is 109 Å². The Kier molecular flexibility index (Phi) is 4.69. The van der Waals surface area contributed by atoms with Gasteiger partial charge in [0.2, 0.25) is 10.0 Å². The summed E-state index contributed by atoms with van der Waals surface area (Å²) in [6.45, 7) is 0.890. The van der Waals surface area contributed by atoms with E-state index in [9.17, 15) is 13.2 Å². The van der Waals surface area contributed by atoms with Crippen LogP contribution in [-0.4, -0.2) is 37.2 Å². The zero-order chi connectivity index (χ0) is 13.9. The Bertz CT molecular complexity index is 557. The first-order valence-corrected chi connectivity index (χ1v) is 6.76. The molecule has 0 bridgehead atoms. The van der Waals surface area contributed by atoms with Crippen LogP contribution in [0.15, 0.2) is 23.1 Å². The summed E-state index contributed by atoms with van der Waals surface area (Å²) in [6, 6.07) is 2.66. The number of carboxylic acid groups (broad SMARTS) is 1. The minimum absolute atomic E-state index is 0.00965. The molecule has 0 radical (unpaired) electrons. The summed E-state index contributed by atoms with van der Waals surface area (Å²) in [5.74, 6) is -1.47. The Hall–Kier alpha value is -1.15. The van der Waals surface area contributed by atoms with Crippen molar-refractivity contribution in [2.75, 3.05) is 6.61 Å². The van der Waals surface area contributed by atoms with E-state index in [0.717, 1.165) is 5.56 Å². The van der Waals surface area contributed by atoms with Gasteiger partial charge in [0.05, 0.1) is 11.6 Å². The minimum atomic E-state index is -4.09. The van der Waals surface area contributed by atoms with Gasteiger partial charge in [-0.15, -0.1) is 0 Å². The number of carboxylic acids is 1. The summed E-state index contributed by atoms with van der Waals surface area (Å²) in [7, 11) is -4.09. The van der Waals surface area contributed by atoms with Crippen molar-refractivity contribution >= 4 is 27.6 Å². The molecule has 1 rings (SSSR count). The van der Waals surface area contributed by atoms with Gasteiger partial charge in [-0.1, -0.05) is 17.7 Å². The number of aryl methyl sites for hydroxylation is 1. The lowest BCUT2D eigenvalue weighted by Gasteiger charge is -2.13. The van der Waals surface area contributed by atoms with Gasteiger partial charge in [0.15, 0.2) is 0 Å². The fourth-order valence-corrected chi connectivity index (χ4v) is 3.02. The van der Waals surface area contributed by atoms with Gasteiger partial charge < -0.3 is 10.2 Å². The minimum Gasteiger partial charge on any atom is -0.480 e. The highest BCUT2D eigenvalue weighted by atomic mass is 35.5. The lowest BCUT2D eigenvalue weighted by Crippen LogP contribution is -2.43. The molecule has 0 aromatic heterocycles. The number of carbonyl (C=O) groups is 1. The Balaban J connectivity index is 3.10. The molecule has 0 saturated carbocycles. The van der Waals surface area contributed by atoms with E-state index in [1.54, 1.807) is 6.92 Å². The van der Waals surface area contributed by atoms with Crippen molar-refractivity contribution in [1.82, 2.24) is 4.72 Å². The molecule has 0 fully saturated rings. The Morgan fingerprint density at radius 3 is 2.56 bits per heavy atom. The zero-order valence-electron chi connectivity index (χ0n) is 9.42. The molecule has 0 aliphatic rings. The zero-order valence-corrected chi connectivity index (χ0v) is 11.0. The van der Waals surface area contributed by atoms with Crippen molar-refractivity contribution in [3.63, 3.8) is 0 Å². The van der Waals surface area contributed by atoms with E-state index in [0.29, 0.717) is 0 Å². The van der Waals surface area contributed by atoms with E-state index in [-0.39, 0.29) is 9.92 Å². The Morgan fingerprint density at radius 2 is 2.11 bits per heavy atom. The molecule has 18 heavy (non-hydrogen) atoms. The summed E-state index contributed by atoms with van der Waals surface area (Å²) >= 11 is 5.79. The molecule has 3 N–H and O–H groups in total. The van der Waals surface area contributed by atoms with Crippen molar-refractivity contribution < 1.29 is 23.4 Å². The van der Waals surface area contributed by atoms with Crippen molar-refractivity contribution in [2.45, 2.75) is 17.9 Å². The van der Waals surface area contributed by atoms with Gasteiger partial charge in [-0.2, -0.15) is 4.72 Å². The van der Waals surface area contributed by atoms with Gasteiger partial charge >= 0.3 is 5.97 Å². The standard InChI is InChI=1S/C10H12ClNO5S/c1-6-2-3-9(7(11)4-6)18(16,17)12-8(5-13)10(14)15/h2-4,8,12-13H,5H2,1H3,(H,14,15)/t8-/m0/s1. The predicted octanol–water partition coefficient (Wildman–Crippen LogP) is 0.372. The second-order valence-corrected chi connectivity index (χ2v) is 5.72. The molecule has 0 spiro atoms. The number of hydrogen-bond donors (Lipinski definition) is 3. The molecule has 0 amide bonds. The number of nitrogens with one attached hydrogen (secondary N) is 1. The molecule has 0 aliphatic carbocycles. The molecule has 8 heteroatoms. The average molecular weight is 294 g/mol. The monoisotopic (exact) mass is 293 g/mol. The highest BCUT2D eigenvalue weighted by Gasteiger charge is 2.26. The molecule has 0 aliphatic heterocycles. The van der Waals surface area contributed by atoms with Crippen LogP contribution >= 0.6 is 11.6 Å². The van der Waals surface area contributed by atoms with E-state index < -0.39 is 28.6 Å². The van der Waals surface area contributed by atoms with E-state index in [2.05, 4.69) is 0 Å². The fraction of sp³-hybridized carbons (Fsp3) is 0.300. The highest BCUT2D eigenvalue weighted by Crippen LogP contribution is 2.22. The number of aliphatic carboxylic acids is 1. The van der Waals surface area contributed by atoms with Crippen molar-refractivity contribution in [3.05, 3.63) is 28.8 Å². The third-order valence-electron chi connectivity index (χ3n) is 2.15. The molecule has 0 unspecified atom stereocenters. The molecule has 1 atom stereocenters. The van der Waals surface area contributed by atoms with Gasteiger partial charge in [0.25, 0.3) is 0 Å². The average Bonchev–Trinajstić information content (AvgIpc) is 2.24. The lowest BCUT2D eigenvalue weighted by molar-refractivity contribution is -0.139. The predicted molar refractivity (Wildman–Crippen MR) is 65.0 cm³/mol. The van der Waals surface area contributed by atoms with Crippen LogP contribution in [0.5, 0.6) is 0 Å². The molecule has 100 valence electrons. The molecular formula is C10H12ClNO5S. The van der Waals surface area contributed by atoms with Gasteiger partial charge in [-0.25, -0.2) is 8.42 Å². The maximum atomic E-state index is 11.9. The van der Waals surface area contributed by atoms with Crippen molar-refractivity contribution in [2.24, 2.45) is 0 Å². The quantitative estimate of drug-likeness (QED) is 0.728. The largest absolute Gasteiger partial charge is 0.480 e. The van der Waals surface area contributed by atoms with E-state index in [4.69, 9.17) is 21.8 Å². The van der Waals surface area contributed by atoms with E-state index in [1.165, 1.54) is 18.2 Å². The maximum absolute atomic E-state index is 11.9. The molecular weight excluding hydrogens is 282 g/mol. The number of hydrogen-bond acceptors (Lipinski definition) is 4. The number of sulfonamides is 1. The van der Waals surface area contributed by atoms with Gasteiger partial charge in [-0.05, 0) is 24.6 Å². The van der Waals surface area contributed by atoms with Crippen LogP contribution in [0.2, 0.25) is 5.02 Å². The second-order valence-electron chi connectivity index (χ2n) is 3.63. The van der Waals surface area contributed by atoms with Gasteiger partial charge in [-0.3, -0.25) is 4.79 Å². The van der Waals surface area contributed by atoms with E-state index in [1.807, 2.05) is 4.72 Å². The Morgan fingerprint density at radius 1 is 1.50 bits per heavy atom. The summed E-state index contributed by atoms with van der Waals surface area (Å²) in [4.78, 5) is 10.4. The third kappa shape index (κ3) is 3.42. The molecule has 0 heterocycles. The maximum Gasteiger partial charge on any atom is 0.324 e. The fourth-order valence-electron chi connectivity index (χ4n) is 1.24. The van der Waals surface area contributed by atoms with Crippen LogP contribution in [-0.2, 0) is 14.8 Å². The summed E-state index contributed by atoms with van der Waals surface area (Å²) < 4.78 is 25.6. The number of halogens is 1. The lowest BCUT2D eigenvalue weighted by atomic mass is 10.2. The van der Waals surface area contributed by atoms with Gasteiger partial charge in [0.1, 0.15) is 10.9 Å². The third-order valence-corrected chi connectivity index (χ3v) is 4.11. The number of aliphatic hydroxyl groups excluding tert-OH is 1. The van der Waals surface area contributed by atoms with Crippen LogP contribution in [0.1, 0.15) is 5.56 Å². The normalized spacial score (nSPS) is 13.3. The smallest absolute Gasteiger partial charge is 0.324 e. The van der Waals surface area contributed by atoms with Gasteiger partial charge in [0, 0.05) is 0 Å². The topological polar surface area (TPSA) is 104 Å². The molecule has 6 nitrogen and oxygen atoms in total. The number of aliphatic hydroxyl groups is 1. The van der Waals surface area contributed by atoms with Crippen LogP contribution in [0.4, 0.5) is 0 Å². The van der Waals surface area contributed by atoms with E-state index >= 15 is 0 Å².